The number of phenolic OH excluding ortho intramolecular Hbond substituents is 1. The predicted octanol–water partition coefficient (Wildman–Crippen LogP) is 3.29. The highest BCUT2D eigenvalue weighted by Crippen LogP contribution is 2.40. The molecule has 2 aliphatic rings. The zero-order valence-electron chi connectivity index (χ0n) is 18.2. The Bertz CT molecular complexity index is 1060. The molecular weight excluding hydrogens is 412 g/mol. The number of rotatable bonds is 5. The SMILES string of the molecule is CCOC(=O)N1CCN(Cc2c(O)ccc3c2O/C(=C/c2ccccc2OC)C3=O)CC1. The van der Waals surface area contributed by atoms with Crippen LogP contribution in [0.3, 0.4) is 0 Å². The fraction of sp³-hybridized carbons (Fsp3) is 0.333. The number of Topliss-reactive ketones (excluding diaryl/α,β-unsaturated/α-hetero) is 1. The number of para-hydroxylation sites is 1. The Morgan fingerprint density at radius 1 is 1.16 bits per heavy atom. The molecule has 0 radical (unpaired) electrons. The van der Waals surface area contributed by atoms with Gasteiger partial charge in [0.1, 0.15) is 17.2 Å². The van der Waals surface area contributed by atoms with Gasteiger partial charge < -0.3 is 24.2 Å². The van der Waals surface area contributed by atoms with Gasteiger partial charge in [-0.1, -0.05) is 18.2 Å². The number of methoxy groups -OCH3 is 1. The second kappa shape index (κ2) is 9.32. The molecule has 0 aliphatic carbocycles. The van der Waals surface area contributed by atoms with Gasteiger partial charge in [-0.05, 0) is 31.2 Å². The molecule has 0 saturated carbocycles. The van der Waals surface area contributed by atoms with Gasteiger partial charge in [0.25, 0.3) is 0 Å². The second-order valence-electron chi connectivity index (χ2n) is 7.58. The van der Waals surface area contributed by atoms with Crippen LogP contribution in [0.1, 0.15) is 28.4 Å². The van der Waals surface area contributed by atoms with Crippen molar-refractivity contribution in [2.75, 3.05) is 39.9 Å². The molecule has 32 heavy (non-hydrogen) atoms. The standard InChI is InChI=1S/C24H26N2O6/c1-3-31-24(29)26-12-10-25(11-13-26)15-18-19(27)9-8-17-22(28)21(32-23(17)18)14-16-6-4-5-7-20(16)30-2/h4-9,14,27H,3,10-13,15H2,1-2H3/b21-14+. The van der Waals surface area contributed by atoms with E-state index in [4.69, 9.17) is 14.2 Å². The molecule has 0 spiro atoms. The van der Waals surface area contributed by atoms with Gasteiger partial charge in [0.15, 0.2) is 5.76 Å². The molecule has 2 aromatic rings. The summed E-state index contributed by atoms with van der Waals surface area (Å²) in [6.45, 7) is 4.85. The molecule has 8 nitrogen and oxygen atoms in total. The van der Waals surface area contributed by atoms with E-state index in [0.29, 0.717) is 62.0 Å². The van der Waals surface area contributed by atoms with Crippen LogP contribution in [0.15, 0.2) is 42.2 Å². The molecule has 1 amide bonds. The lowest BCUT2D eigenvalue weighted by Crippen LogP contribution is -2.48. The van der Waals surface area contributed by atoms with E-state index in [9.17, 15) is 14.7 Å². The highest BCUT2D eigenvalue weighted by Gasteiger charge is 2.32. The molecule has 2 aromatic carbocycles. The summed E-state index contributed by atoms with van der Waals surface area (Å²) in [5, 5.41) is 10.5. The van der Waals surface area contributed by atoms with Crippen molar-refractivity contribution >= 4 is 18.0 Å². The maximum absolute atomic E-state index is 12.9. The second-order valence-corrected chi connectivity index (χ2v) is 7.58. The summed E-state index contributed by atoms with van der Waals surface area (Å²) >= 11 is 0. The number of fused-ring (bicyclic) bond motifs is 1. The summed E-state index contributed by atoms with van der Waals surface area (Å²) < 4.78 is 16.4. The number of carbonyl (C=O) groups is 2. The van der Waals surface area contributed by atoms with Crippen LogP contribution < -0.4 is 9.47 Å². The maximum Gasteiger partial charge on any atom is 0.409 e. The molecule has 1 fully saturated rings. The number of hydrogen-bond donors (Lipinski definition) is 1. The minimum Gasteiger partial charge on any atom is -0.507 e. The van der Waals surface area contributed by atoms with Crippen LogP contribution in [-0.2, 0) is 11.3 Å². The van der Waals surface area contributed by atoms with Crippen LogP contribution >= 0.6 is 0 Å². The Kier molecular flexibility index (Phi) is 6.32. The van der Waals surface area contributed by atoms with Gasteiger partial charge in [0.05, 0.1) is 24.8 Å². The maximum atomic E-state index is 12.9. The summed E-state index contributed by atoms with van der Waals surface area (Å²) in [7, 11) is 1.57. The van der Waals surface area contributed by atoms with Crippen molar-refractivity contribution in [3.05, 3.63) is 58.8 Å². The average molecular weight is 438 g/mol. The largest absolute Gasteiger partial charge is 0.507 e. The monoisotopic (exact) mass is 438 g/mol. The molecule has 168 valence electrons. The third-order valence-corrected chi connectivity index (χ3v) is 5.62. The lowest BCUT2D eigenvalue weighted by molar-refractivity contribution is 0.0774. The average Bonchev–Trinajstić information content (AvgIpc) is 3.12. The molecular formula is C24H26N2O6. The van der Waals surface area contributed by atoms with Crippen LogP contribution in [0.25, 0.3) is 6.08 Å². The molecule has 4 rings (SSSR count). The van der Waals surface area contributed by atoms with Crippen molar-refractivity contribution in [3.63, 3.8) is 0 Å². The van der Waals surface area contributed by atoms with Gasteiger partial charge in [-0.15, -0.1) is 0 Å². The summed E-state index contributed by atoms with van der Waals surface area (Å²) in [6.07, 6.45) is 1.34. The number of piperazine rings is 1. The number of ketones is 1. The molecule has 0 unspecified atom stereocenters. The number of allylic oxidation sites excluding steroid dienone is 1. The number of aromatic hydroxyl groups is 1. The minimum absolute atomic E-state index is 0.0721. The number of nitrogens with zero attached hydrogens (tertiary/aromatic N) is 2. The first kappa shape index (κ1) is 21.7. The van der Waals surface area contributed by atoms with E-state index in [1.165, 1.54) is 6.07 Å². The normalized spacial score (nSPS) is 17.2. The van der Waals surface area contributed by atoms with Crippen LogP contribution in [0.5, 0.6) is 17.2 Å². The molecule has 2 heterocycles. The first-order chi connectivity index (χ1) is 15.5. The lowest BCUT2D eigenvalue weighted by Gasteiger charge is -2.34. The Morgan fingerprint density at radius 3 is 2.62 bits per heavy atom. The van der Waals surface area contributed by atoms with Crippen molar-refractivity contribution in [1.29, 1.82) is 0 Å². The third kappa shape index (κ3) is 4.27. The Balaban J connectivity index is 1.53. The number of hydrogen-bond acceptors (Lipinski definition) is 7. The van der Waals surface area contributed by atoms with E-state index >= 15 is 0 Å². The quantitative estimate of drug-likeness (QED) is 0.717. The van der Waals surface area contributed by atoms with Gasteiger partial charge in [-0.3, -0.25) is 9.69 Å². The molecule has 1 saturated heterocycles. The number of amides is 1. The van der Waals surface area contributed by atoms with Crippen LogP contribution in [-0.4, -0.2) is 66.7 Å². The van der Waals surface area contributed by atoms with Gasteiger partial charge in [0, 0.05) is 38.3 Å². The van der Waals surface area contributed by atoms with E-state index in [-0.39, 0.29) is 23.4 Å². The van der Waals surface area contributed by atoms with Crippen molar-refractivity contribution in [2.45, 2.75) is 13.5 Å². The number of ether oxygens (including phenoxy) is 3. The fourth-order valence-electron chi connectivity index (χ4n) is 3.90. The molecule has 0 bridgehead atoms. The van der Waals surface area contributed by atoms with Crippen LogP contribution in [0.4, 0.5) is 4.79 Å². The van der Waals surface area contributed by atoms with Crippen LogP contribution in [0.2, 0.25) is 0 Å². The molecule has 2 aliphatic heterocycles. The van der Waals surface area contributed by atoms with E-state index in [1.54, 1.807) is 31.1 Å². The Hall–Kier alpha value is -3.52. The molecule has 1 N–H and O–H groups in total. The predicted molar refractivity (Wildman–Crippen MR) is 118 cm³/mol. The van der Waals surface area contributed by atoms with E-state index in [0.717, 1.165) is 5.56 Å². The Labute approximate surface area is 186 Å². The zero-order chi connectivity index (χ0) is 22.7. The van der Waals surface area contributed by atoms with Crippen molar-refractivity contribution < 1.29 is 28.9 Å². The Morgan fingerprint density at radius 2 is 1.91 bits per heavy atom. The van der Waals surface area contributed by atoms with Crippen molar-refractivity contribution in [3.8, 4) is 17.2 Å². The molecule has 8 heteroatoms. The highest BCUT2D eigenvalue weighted by molar-refractivity contribution is 6.15. The van der Waals surface area contributed by atoms with Gasteiger partial charge in [0.2, 0.25) is 5.78 Å². The topological polar surface area (TPSA) is 88.5 Å². The van der Waals surface area contributed by atoms with Crippen molar-refractivity contribution in [1.82, 2.24) is 9.80 Å². The van der Waals surface area contributed by atoms with Crippen LogP contribution in [0, 0.1) is 0 Å². The van der Waals surface area contributed by atoms with E-state index < -0.39 is 0 Å². The highest BCUT2D eigenvalue weighted by atomic mass is 16.6. The van der Waals surface area contributed by atoms with E-state index in [2.05, 4.69) is 4.90 Å². The van der Waals surface area contributed by atoms with Gasteiger partial charge in [-0.25, -0.2) is 4.79 Å². The fourth-order valence-corrected chi connectivity index (χ4v) is 3.90. The third-order valence-electron chi connectivity index (χ3n) is 5.62. The lowest BCUT2D eigenvalue weighted by atomic mass is 10.0. The first-order valence-electron chi connectivity index (χ1n) is 10.6. The minimum atomic E-state index is -0.310. The molecule has 0 atom stereocenters. The molecule has 0 aromatic heterocycles. The summed E-state index contributed by atoms with van der Waals surface area (Å²) in [4.78, 5) is 28.6. The van der Waals surface area contributed by atoms with Crippen molar-refractivity contribution in [2.24, 2.45) is 0 Å². The zero-order valence-corrected chi connectivity index (χ0v) is 18.2. The summed E-state index contributed by atoms with van der Waals surface area (Å²) in [5.74, 6) is 1.03. The van der Waals surface area contributed by atoms with Gasteiger partial charge in [-0.2, -0.15) is 0 Å². The van der Waals surface area contributed by atoms with Gasteiger partial charge >= 0.3 is 6.09 Å². The number of phenols is 1. The first-order valence-corrected chi connectivity index (χ1v) is 10.6. The smallest absolute Gasteiger partial charge is 0.409 e. The summed E-state index contributed by atoms with van der Waals surface area (Å²) in [6, 6.07) is 10.5. The number of carbonyl (C=O) groups excluding carboxylic acids is 2. The van der Waals surface area contributed by atoms with E-state index in [1.807, 2.05) is 24.3 Å². The summed E-state index contributed by atoms with van der Waals surface area (Å²) in [5.41, 5.74) is 1.71. The number of benzene rings is 2.